The van der Waals surface area contributed by atoms with Crippen molar-refractivity contribution in [2.75, 3.05) is 26.2 Å². The van der Waals surface area contributed by atoms with Crippen LogP contribution in [0.1, 0.15) is 12.8 Å². The van der Waals surface area contributed by atoms with Crippen LogP contribution in [0.3, 0.4) is 0 Å². The Labute approximate surface area is 83.7 Å². The van der Waals surface area contributed by atoms with E-state index in [1.165, 1.54) is 6.42 Å². The standard InChI is InChI=1S/C9H18N2OS/c12-8-2-4-11-6-9(8)13-7-1-3-10-5-7/h7-12H,1-6H2. The van der Waals surface area contributed by atoms with E-state index in [1.54, 1.807) is 0 Å². The second-order valence-electron chi connectivity index (χ2n) is 3.85. The molecule has 3 atom stereocenters. The van der Waals surface area contributed by atoms with Crippen LogP contribution in [0, 0.1) is 0 Å². The predicted molar refractivity (Wildman–Crippen MR) is 56.1 cm³/mol. The van der Waals surface area contributed by atoms with Gasteiger partial charge in [0.25, 0.3) is 0 Å². The normalized spacial score (nSPS) is 40.8. The number of hydrogen-bond donors (Lipinski definition) is 3. The molecule has 0 saturated carbocycles. The molecule has 2 rings (SSSR count). The Morgan fingerprint density at radius 1 is 1.08 bits per heavy atom. The molecule has 4 heteroatoms. The van der Waals surface area contributed by atoms with Crippen molar-refractivity contribution in [2.45, 2.75) is 29.4 Å². The first-order chi connectivity index (χ1) is 6.36. The SMILES string of the molecule is OC1CCNCC1SC1CCNC1. The zero-order valence-corrected chi connectivity index (χ0v) is 8.65. The monoisotopic (exact) mass is 202 g/mol. The van der Waals surface area contributed by atoms with Gasteiger partial charge in [0.1, 0.15) is 0 Å². The third-order valence-electron chi connectivity index (χ3n) is 2.77. The van der Waals surface area contributed by atoms with Crippen molar-refractivity contribution in [1.82, 2.24) is 10.6 Å². The molecule has 3 nitrogen and oxygen atoms in total. The van der Waals surface area contributed by atoms with Gasteiger partial charge in [-0.2, -0.15) is 0 Å². The lowest BCUT2D eigenvalue weighted by Crippen LogP contribution is -2.43. The van der Waals surface area contributed by atoms with Crippen molar-refractivity contribution < 1.29 is 5.11 Å². The summed E-state index contributed by atoms with van der Waals surface area (Å²) in [5.74, 6) is 0. The van der Waals surface area contributed by atoms with Crippen LogP contribution in [0.15, 0.2) is 0 Å². The maximum absolute atomic E-state index is 9.75. The molecule has 2 aliphatic rings. The molecule has 0 radical (unpaired) electrons. The summed E-state index contributed by atoms with van der Waals surface area (Å²) in [5, 5.41) is 17.6. The van der Waals surface area contributed by atoms with Gasteiger partial charge in [-0.3, -0.25) is 0 Å². The Morgan fingerprint density at radius 2 is 1.85 bits per heavy atom. The van der Waals surface area contributed by atoms with E-state index in [0.717, 1.165) is 37.8 Å². The van der Waals surface area contributed by atoms with Gasteiger partial charge >= 0.3 is 0 Å². The first-order valence-corrected chi connectivity index (χ1v) is 6.05. The summed E-state index contributed by atoms with van der Waals surface area (Å²) in [6.45, 7) is 4.21. The van der Waals surface area contributed by atoms with Crippen molar-refractivity contribution in [3.63, 3.8) is 0 Å². The number of piperidine rings is 1. The zero-order valence-electron chi connectivity index (χ0n) is 7.83. The second-order valence-corrected chi connectivity index (χ2v) is 5.39. The third-order valence-corrected chi connectivity index (χ3v) is 4.39. The number of aliphatic hydroxyl groups excluding tert-OH is 1. The minimum Gasteiger partial charge on any atom is -0.392 e. The van der Waals surface area contributed by atoms with Crippen LogP contribution in [-0.2, 0) is 0 Å². The lowest BCUT2D eigenvalue weighted by Gasteiger charge is -2.29. The smallest absolute Gasteiger partial charge is 0.0683 e. The molecule has 2 heterocycles. The first-order valence-electron chi connectivity index (χ1n) is 5.11. The molecule has 0 aromatic heterocycles. The van der Waals surface area contributed by atoms with E-state index < -0.39 is 0 Å². The van der Waals surface area contributed by atoms with E-state index in [9.17, 15) is 5.11 Å². The summed E-state index contributed by atoms with van der Waals surface area (Å²) in [7, 11) is 0. The highest BCUT2D eigenvalue weighted by Crippen LogP contribution is 2.26. The van der Waals surface area contributed by atoms with E-state index in [2.05, 4.69) is 10.6 Å². The van der Waals surface area contributed by atoms with Gasteiger partial charge in [0.2, 0.25) is 0 Å². The minimum atomic E-state index is -0.0909. The Bertz CT molecular complexity index is 162. The molecule has 76 valence electrons. The van der Waals surface area contributed by atoms with Crippen molar-refractivity contribution in [1.29, 1.82) is 0 Å². The van der Waals surface area contributed by atoms with Crippen molar-refractivity contribution >= 4 is 11.8 Å². The molecule has 0 spiro atoms. The molecule has 0 aliphatic carbocycles. The van der Waals surface area contributed by atoms with Gasteiger partial charge in [0.15, 0.2) is 0 Å². The quantitative estimate of drug-likeness (QED) is 0.580. The molecule has 0 aromatic carbocycles. The van der Waals surface area contributed by atoms with Gasteiger partial charge < -0.3 is 15.7 Å². The number of nitrogens with one attached hydrogen (secondary N) is 2. The summed E-state index contributed by atoms with van der Waals surface area (Å²) in [5.41, 5.74) is 0. The molecule has 2 fully saturated rings. The highest BCUT2D eigenvalue weighted by Gasteiger charge is 2.27. The van der Waals surface area contributed by atoms with E-state index in [1.807, 2.05) is 11.8 Å². The summed E-state index contributed by atoms with van der Waals surface area (Å²) in [6.07, 6.45) is 2.08. The summed E-state index contributed by atoms with van der Waals surface area (Å²) >= 11 is 1.96. The van der Waals surface area contributed by atoms with Gasteiger partial charge in [-0.25, -0.2) is 0 Å². The Morgan fingerprint density at radius 3 is 2.54 bits per heavy atom. The highest BCUT2D eigenvalue weighted by atomic mass is 32.2. The summed E-state index contributed by atoms with van der Waals surface area (Å²) in [4.78, 5) is 0. The minimum absolute atomic E-state index is 0.0909. The average molecular weight is 202 g/mol. The molecule has 0 aromatic rings. The van der Waals surface area contributed by atoms with Gasteiger partial charge in [0.05, 0.1) is 6.10 Å². The van der Waals surface area contributed by atoms with Crippen LogP contribution in [0.5, 0.6) is 0 Å². The van der Waals surface area contributed by atoms with Crippen LogP contribution >= 0.6 is 11.8 Å². The molecule has 0 amide bonds. The van der Waals surface area contributed by atoms with Crippen LogP contribution in [-0.4, -0.2) is 47.9 Å². The molecular formula is C9H18N2OS. The summed E-state index contributed by atoms with van der Waals surface area (Å²) in [6, 6.07) is 0. The Hall–Kier alpha value is 0.230. The van der Waals surface area contributed by atoms with Crippen molar-refractivity contribution in [3.05, 3.63) is 0 Å². The molecule has 2 aliphatic heterocycles. The fraction of sp³-hybridized carbons (Fsp3) is 1.00. The fourth-order valence-corrected chi connectivity index (χ4v) is 3.44. The topological polar surface area (TPSA) is 44.3 Å². The van der Waals surface area contributed by atoms with Crippen molar-refractivity contribution in [2.24, 2.45) is 0 Å². The predicted octanol–water partition coefficient (Wildman–Crippen LogP) is -0.196. The lowest BCUT2D eigenvalue weighted by atomic mass is 10.1. The van der Waals surface area contributed by atoms with Gasteiger partial charge in [0, 0.05) is 23.6 Å². The van der Waals surface area contributed by atoms with E-state index in [0.29, 0.717) is 5.25 Å². The largest absolute Gasteiger partial charge is 0.392 e. The fourth-order valence-electron chi connectivity index (χ4n) is 1.95. The maximum Gasteiger partial charge on any atom is 0.0683 e. The second kappa shape index (κ2) is 4.64. The zero-order chi connectivity index (χ0) is 9.10. The maximum atomic E-state index is 9.75. The highest BCUT2D eigenvalue weighted by molar-refractivity contribution is 8.00. The number of hydrogen-bond acceptors (Lipinski definition) is 4. The number of rotatable bonds is 2. The van der Waals surface area contributed by atoms with Crippen LogP contribution < -0.4 is 10.6 Å². The number of aliphatic hydroxyl groups is 1. The van der Waals surface area contributed by atoms with E-state index >= 15 is 0 Å². The van der Waals surface area contributed by atoms with Crippen LogP contribution in [0.4, 0.5) is 0 Å². The molecule has 13 heavy (non-hydrogen) atoms. The molecule has 3 unspecified atom stereocenters. The number of thioether (sulfide) groups is 1. The molecule has 0 bridgehead atoms. The van der Waals surface area contributed by atoms with Gasteiger partial charge in [-0.15, -0.1) is 11.8 Å². The molecule has 2 saturated heterocycles. The van der Waals surface area contributed by atoms with Gasteiger partial charge in [-0.1, -0.05) is 0 Å². The van der Waals surface area contributed by atoms with E-state index in [4.69, 9.17) is 0 Å². The first kappa shape index (κ1) is 9.77. The van der Waals surface area contributed by atoms with Crippen LogP contribution in [0.2, 0.25) is 0 Å². The third kappa shape index (κ3) is 2.59. The lowest BCUT2D eigenvalue weighted by molar-refractivity contribution is 0.144. The average Bonchev–Trinajstić information content (AvgIpc) is 2.61. The van der Waals surface area contributed by atoms with Gasteiger partial charge in [-0.05, 0) is 25.9 Å². The van der Waals surface area contributed by atoms with Crippen molar-refractivity contribution in [3.8, 4) is 0 Å². The summed E-state index contributed by atoms with van der Waals surface area (Å²) < 4.78 is 0. The van der Waals surface area contributed by atoms with E-state index in [-0.39, 0.29) is 6.10 Å². The molecule has 3 N–H and O–H groups in total. The van der Waals surface area contributed by atoms with Crippen LogP contribution in [0.25, 0.3) is 0 Å². The molecular weight excluding hydrogens is 184 g/mol. The Kier molecular flexibility index (Phi) is 3.49. The Balaban J connectivity index is 1.78.